The highest BCUT2D eigenvalue weighted by atomic mass is 32.2. The molecule has 0 unspecified atom stereocenters. The van der Waals surface area contributed by atoms with Crippen molar-refractivity contribution in [1.82, 2.24) is 14.5 Å². The van der Waals surface area contributed by atoms with Crippen molar-refractivity contribution in [3.8, 4) is 0 Å². The number of carbonyl (C=O) groups is 1. The zero-order valence-corrected chi connectivity index (χ0v) is 11.9. The molecule has 0 spiro atoms. The van der Waals surface area contributed by atoms with Gasteiger partial charge in [-0.05, 0) is 18.2 Å². The van der Waals surface area contributed by atoms with Gasteiger partial charge >= 0.3 is 5.97 Å². The lowest BCUT2D eigenvalue weighted by Gasteiger charge is -2.07. The van der Waals surface area contributed by atoms with Crippen molar-refractivity contribution in [2.75, 3.05) is 5.75 Å². The standard InChI is InChI=1S/C14H13N3O3S/c18-13(19)9-21-14-16-11-8-15-5-3-12(11)17(14)6-4-10-2-1-7-20-10/h1-3,5,7-8H,4,6,9H2,(H,18,19). The molecule has 0 amide bonds. The number of pyridine rings is 1. The second-order valence-electron chi connectivity index (χ2n) is 4.42. The average molecular weight is 303 g/mol. The van der Waals surface area contributed by atoms with Crippen LogP contribution in [0.25, 0.3) is 11.0 Å². The van der Waals surface area contributed by atoms with Gasteiger partial charge < -0.3 is 14.1 Å². The summed E-state index contributed by atoms with van der Waals surface area (Å²) in [6, 6.07) is 5.66. The van der Waals surface area contributed by atoms with Gasteiger partial charge in [0, 0.05) is 19.2 Å². The summed E-state index contributed by atoms with van der Waals surface area (Å²) in [5.41, 5.74) is 1.72. The molecule has 7 heteroatoms. The fraction of sp³-hybridized carbons (Fsp3) is 0.214. The van der Waals surface area contributed by atoms with E-state index in [1.54, 1.807) is 18.7 Å². The summed E-state index contributed by atoms with van der Waals surface area (Å²) in [4.78, 5) is 19.3. The van der Waals surface area contributed by atoms with E-state index in [9.17, 15) is 4.79 Å². The minimum Gasteiger partial charge on any atom is -0.481 e. The largest absolute Gasteiger partial charge is 0.481 e. The van der Waals surface area contributed by atoms with E-state index in [4.69, 9.17) is 9.52 Å². The topological polar surface area (TPSA) is 81.1 Å². The number of carboxylic acid groups (broad SMARTS) is 1. The number of thioether (sulfide) groups is 1. The van der Waals surface area contributed by atoms with E-state index >= 15 is 0 Å². The molecule has 6 nitrogen and oxygen atoms in total. The molecule has 3 aromatic rings. The molecule has 0 saturated carbocycles. The molecule has 0 fully saturated rings. The summed E-state index contributed by atoms with van der Waals surface area (Å²) < 4.78 is 7.34. The molecule has 1 N–H and O–H groups in total. The first-order chi connectivity index (χ1) is 10.2. The molecule has 0 atom stereocenters. The van der Waals surface area contributed by atoms with Gasteiger partial charge in [-0.25, -0.2) is 4.98 Å². The molecule has 0 radical (unpaired) electrons. The van der Waals surface area contributed by atoms with Gasteiger partial charge in [0.25, 0.3) is 0 Å². The molecule has 0 bridgehead atoms. The van der Waals surface area contributed by atoms with Gasteiger partial charge in [0.05, 0.1) is 23.7 Å². The number of imidazole rings is 1. The van der Waals surface area contributed by atoms with Gasteiger partial charge in [0.2, 0.25) is 0 Å². The second-order valence-corrected chi connectivity index (χ2v) is 5.36. The predicted molar refractivity (Wildman–Crippen MR) is 78.3 cm³/mol. The van der Waals surface area contributed by atoms with Crippen molar-refractivity contribution in [3.63, 3.8) is 0 Å². The number of aryl methyl sites for hydroxylation is 2. The third kappa shape index (κ3) is 3.08. The van der Waals surface area contributed by atoms with Gasteiger partial charge in [-0.15, -0.1) is 0 Å². The van der Waals surface area contributed by atoms with Gasteiger partial charge in [0.15, 0.2) is 5.16 Å². The number of aromatic nitrogens is 3. The molecule has 3 heterocycles. The first kappa shape index (κ1) is 13.7. The normalized spacial score (nSPS) is 11.0. The lowest BCUT2D eigenvalue weighted by Crippen LogP contribution is -2.05. The number of furan rings is 1. The first-order valence-corrected chi connectivity index (χ1v) is 7.40. The van der Waals surface area contributed by atoms with Crippen LogP contribution in [0.5, 0.6) is 0 Å². The van der Waals surface area contributed by atoms with Crippen molar-refractivity contribution in [2.24, 2.45) is 0 Å². The Hall–Kier alpha value is -2.28. The number of nitrogens with zero attached hydrogens (tertiary/aromatic N) is 3. The molecule has 3 rings (SSSR count). The molecule has 3 aromatic heterocycles. The Kier molecular flexibility index (Phi) is 3.92. The lowest BCUT2D eigenvalue weighted by atomic mass is 10.3. The number of carboxylic acids is 1. The molecule has 0 aliphatic carbocycles. The Balaban J connectivity index is 1.89. The van der Waals surface area contributed by atoms with Gasteiger partial charge in [-0.2, -0.15) is 0 Å². The van der Waals surface area contributed by atoms with Crippen molar-refractivity contribution in [3.05, 3.63) is 42.6 Å². The van der Waals surface area contributed by atoms with E-state index in [0.29, 0.717) is 11.7 Å². The van der Waals surface area contributed by atoms with E-state index in [0.717, 1.165) is 23.2 Å². The molecule has 0 saturated heterocycles. The molecule has 0 aliphatic heterocycles. The summed E-state index contributed by atoms with van der Waals surface area (Å²) in [5, 5.41) is 9.52. The van der Waals surface area contributed by atoms with Crippen LogP contribution in [0.15, 0.2) is 46.4 Å². The zero-order chi connectivity index (χ0) is 14.7. The zero-order valence-electron chi connectivity index (χ0n) is 11.1. The Labute approximate surface area is 124 Å². The smallest absolute Gasteiger partial charge is 0.313 e. The fourth-order valence-corrected chi connectivity index (χ4v) is 2.85. The monoisotopic (exact) mass is 303 g/mol. The highest BCUT2D eigenvalue weighted by Gasteiger charge is 2.13. The molecule has 108 valence electrons. The third-order valence-electron chi connectivity index (χ3n) is 3.00. The highest BCUT2D eigenvalue weighted by Crippen LogP contribution is 2.24. The van der Waals surface area contributed by atoms with Gasteiger partial charge in [0.1, 0.15) is 11.3 Å². The Morgan fingerprint density at radius 2 is 2.33 bits per heavy atom. The van der Waals surface area contributed by atoms with Crippen LogP contribution in [0.3, 0.4) is 0 Å². The van der Waals surface area contributed by atoms with Crippen LogP contribution < -0.4 is 0 Å². The number of hydrogen-bond acceptors (Lipinski definition) is 5. The molecule has 21 heavy (non-hydrogen) atoms. The fourth-order valence-electron chi connectivity index (χ4n) is 2.09. The van der Waals surface area contributed by atoms with Crippen LogP contribution in [0.4, 0.5) is 0 Å². The van der Waals surface area contributed by atoms with E-state index in [2.05, 4.69) is 9.97 Å². The quantitative estimate of drug-likeness (QED) is 0.704. The van der Waals surface area contributed by atoms with Crippen molar-refractivity contribution in [1.29, 1.82) is 0 Å². The minimum absolute atomic E-state index is 0.0164. The summed E-state index contributed by atoms with van der Waals surface area (Å²) in [6.45, 7) is 0.677. The summed E-state index contributed by atoms with van der Waals surface area (Å²) in [7, 11) is 0. The third-order valence-corrected chi connectivity index (χ3v) is 3.96. The molecular weight excluding hydrogens is 290 g/mol. The van der Waals surface area contributed by atoms with E-state index in [1.807, 2.05) is 22.8 Å². The van der Waals surface area contributed by atoms with E-state index < -0.39 is 5.97 Å². The Morgan fingerprint density at radius 1 is 1.43 bits per heavy atom. The maximum atomic E-state index is 10.8. The lowest BCUT2D eigenvalue weighted by molar-refractivity contribution is -0.133. The Bertz CT molecular complexity index is 752. The second kappa shape index (κ2) is 6.01. The molecule has 0 aromatic carbocycles. The summed E-state index contributed by atoms with van der Waals surface area (Å²) in [6.07, 6.45) is 5.76. The summed E-state index contributed by atoms with van der Waals surface area (Å²) in [5.74, 6) is 0.0141. The van der Waals surface area contributed by atoms with Crippen LogP contribution >= 0.6 is 11.8 Å². The summed E-state index contributed by atoms with van der Waals surface area (Å²) >= 11 is 1.21. The maximum Gasteiger partial charge on any atom is 0.313 e. The number of rotatable bonds is 6. The number of aliphatic carboxylic acids is 1. The predicted octanol–water partition coefficient (Wildman–Crippen LogP) is 2.44. The van der Waals surface area contributed by atoms with Gasteiger partial charge in [-0.1, -0.05) is 11.8 Å². The van der Waals surface area contributed by atoms with Crippen LogP contribution in [0.1, 0.15) is 5.76 Å². The minimum atomic E-state index is -0.859. The Morgan fingerprint density at radius 3 is 3.10 bits per heavy atom. The van der Waals surface area contributed by atoms with Crippen LogP contribution in [-0.2, 0) is 17.8 Å². The van der Waals surface area contributed by atoms with E-state index in [-0.39, 0.29) is 5.75 Å². The van der Waals surface area contributed by atoms with E-state index in [1.165, 1.54) is 11.8 Å². The van der Waals surface area contributed by atoms with Crippen molar-refractivity contribution < 1.29 is 14.3 Å². The van der Waals surface area contributed by atoms with Crippen LogP contribution in [-0.4, -0.2) is 31.4 Å². The maximum absolute atomic E-state index is 10.8. The van der Waals surface area contributed by atoms with Crippen LogP contribution in [0, 0.1) is 0 Å². The highest BCUT2D eigenvalue weighted by molar-refractivity contribution is 7.99. The SMILES string of the molecule is O=C(O)CSc1nc2cnccc2n1CCc1ccco1. The van der Waals surface area contributed by atoms with Crippen LogP contribution in [0.2, 0.25) is 0 Å². The number of hydrogen-bond donors (Lipinski definition) is 1. The van der Waals surface area contributed by atoms with Crippen molar-refractivity contribution >= 4 is 28.8 Å². The van der Waals surface area contributed by atoms with Gasteiger partial charge in [-0.3, -0.25) is 9.78 Å². The molecular formula is C14H13N3O3S. The van der Waals surface area contributed by atoms with Crippen molar-refractivity contribution in [2.45, 2.75) is 18.1 Å². The first-order valence-electron chi connectivity index (χ1n) is 6.41. The molecule has 0 aliphatic rings. The number of fused-ring (bicyclic) bond motifs is 1. The average Bonchev–Trinajstić information content (AvgIpc) is 3.10.